The molecule has 43 heavy (non-hydrogen) atoms. The van der Waals surface area contributed by atoms with Crippen molar-refractivity contribution in [2.45, 2.75) is 69.7 Å². The molecule has 0 saturated heterocycles. The van der Waals surface area contributed by atoms with Crippen LogP contribution in [0.1, 0.15) is 60.5 Å². The summed E-state index contributed by atoms with van der Waals surface area (Å²) in [7, 11) is 4.66. The topological polar surface area (TPSA) is 168 Å². The number of ketones is 4. The van der Waals surface area contributed by atoms with Crippen molar-refractivity contribution in [2.24, 2.45) is 41.2 Å². The van der Waals surface area contributed by atoms with Crippen LogP contribution in [0.4, 0.5) is 0 Å². The van der Waals surface area contributed by atoms with Crippen LogP contribution in [-0.4, -0.2) is 94.5 Å². The van der Waals surface area contributed by atoms with Gasteiger partial charge in [-0.2, -0.15) is 0 Å². The Morgan fingerprint density at radius 2 is 1.81 bits per heavy atom. The number of nitrogens with two attached hydrogens (primary N) is 1. The van der Waals surface area contributed by atoms with E-state index in [9.17, 15) is 34.2 Å². The van der Waals surface area contributed by atoms with Gasteiger partial charge < -0.3 is 20.7 Å². The van der Waals surface area contributed by atoms with Crippen LogP contribution < -0.4 is 10.5 Å². The first kappa shape index (κ1) is 29.9. The van der Waals surface area contributed by atoms with E-state index in [0.29, 0.717) is 29.8 Å². The predicted molar refractivity (Wildman–Crippen MR) is 153 cm³/mol. The molecule has 232 valence electrons. The van der Waals surface area contributed by atoms with Gasteiger partial charge in [0, 0.05) is 29.6 Å². The van der Waals surface area contributed by atoms with Crippen molar-refractivity contribution in [3.63, 3.8) is 0 Å². The number of carbonyl (C=O) groups excluding carboxylic acids is 5. The number of ether oxygens (including phenoxy) is 1. The van der Waals surface area contributed by atoms with Gasteiger partial charge in [-0.15, -0.1) is 0 Å². The molecule has 11 nitrogen and oxygen atoms in total. The lowest BCUT2D eigenvalue weighted by Gasteiger charge is -2.52. The van der Waals surface area contributed by atoms with Crippen LogP contribution in [0.15, 0.2) is 6.07 Å². The van der Waals surface area contributed by atoms with Gasteiger partial charge in [0.05, 0.1) is 24.6 Å². The van der Waals surface area contributed by atoms with Crippen LogP contribution in [0.2, 0.25) is 0 Å². The third kappa shape index (κ3) is 4.22. The molecule has 0 heterocycles. The molecule has 9 atom stereocenters. The number of likely N-dealkylation sites (N-methyl/N-ethyl adjacent to an activating group) is 1. The summed E-state index contributed by atoms with van der Waals surface area (Å²) in [5, 5.41) is 23.0. The molecule has 5 aliphatic carbocycles. The minimum atomic E-state index is -2.74. The highest BCUT2D eigenvalue weighted by molar-refractivity contribution is 6.32. The maximum Gasteiger partial charge on any atom is 0.235 e. The Balaban J connectivity index is 1.39. The number of aromatic hydroxyl groups is 1. The molecule has 1 amide bonds. The number of hydrogen-bond acceptors (Lipinski definition) is 10. The molecular weight excluding hydrogens is 554 g/mol. The number of aliphatic hydroxyl groups is 1. The van der Waals surface area contributed by atoms with Gasteiger partial charge >= 0.3 is 0 Å². The average Bonchev–Trinajstić information content (AvgIpc) is 3.57. The third-order valence-electron chi connectivity index (χ3n) is 11.2. The Bertz CT molecular complexity index is 1420. The van der Waals surface area contributed by atoms with E-state index in [-0.39, 0.29) is 24.2 Å². The second-order valence-electron chi connectivity index (χ2n) is 13.5. The fourth-order valence-electron chi connectivity index (χ4n) is 9.43. The molecule has 0 aliphatic heterocycles. The van der Waals surface area contributed by atoms with Crippen molar-refractivity contribution in [1.82, 2.24) is 9.80 Å². The molecule has 1 aromatic rings. The number of nitrogens with zero attached hydrogens (tertiary/aromatic N) is 2. The third-order valence-corrected chi connectivity index (χ3v) is 11.2. The molecule has 0 aromatic heterocycles. The Kier molecular flexibility index (Phi) is 7.29. The summed E-state index contributed by atoms with van der Waals surface area (Å²) < 4.78 is 5.89. The molecule has 11 heteroatoms. The standard InChI is InChI=1S/C32H41N3O8/c1-5-35(20-9-14-6-7-15(20)8-14)13-17-12-21(36)23-18(28(17)43-4)10-16-11-19-25(34(2)3)27(38)24(31(33)41)30(40)32(19,42)29(39)22(16)26(23)37/h12,14-16,19-20,22,24-25,36,42H,5-11,13H2,1-4H3,(H2,33,41)/t14?,15?,16-,19-,20+,22?,24?,25-,32-/m0/s1. The quantitative estimate of drug-likeness (QED) is 0.385. The first-order valence-electron chi connectivity index (χ1n) is 15.3. The number of primary amides is 1. The lowest BCUT2D eigenvalue weighted by molar-refractivity contribution is -0.181. The van der Waals surface area contributed by atoms with E-state index < -0.39 is 64.4 Å². The number of fused-ring (bicyclic) bond motifs is 5. The molecule has 0 spiro atoms. The maximum absolute atomic E-state index is 14.0. The SMILES string of the molecule is CCN(Cc1cc(O)c2c(c1OC)C[C@H]1C[C@H]3[C@H](N(C)C)C(=O)C(C(N)=O)C(=O)[C@@]3(O)C(=O)C1C2=O)[C@@H]1CC2CCC1C2. The highest BCUT2D eigenvalue weighted by Crippen LogP contribution is 2.53. The normalized spacial score (nSPS) is 36.6. The van der Waals surface area contributed by atoms with Crippen molar-refractivity contribution in [1.29, 1.82) is 0 Å². The van der Waals surface area contributed by atoms with Crippen LogP contribution in [0, 0.1) is 35.5 Å². The highest BCUT2D eigenvalue weighted by Gasteiger charge is 2.69. The summed E-state index contributed by atoms with van der Waals surface area (Å²) in [6.07, 6.45) is 5.12. The molecular formula is C32H41N3O8. The summed E-state index contributed by atoms with van der Waals surface area (Å²) in [6, 6.07) is 0.856. The zero-order chi connectivity index (χ0) is 31.1. The number of phenols is 1. The van der Waals surface area contributed by atoms with Gasteiger partial charge in [0.1, 0.15) is 11.5 Å². The van der Waals surface area contributed by atoms with Gasteiger partial charge in [0.25, 0.3) is 0 Å². The highest BCUT2D eigenvalue weighted by atomic mass is 16.5. The molecule has 2 bridgehead atoms. The second-order valence-corrected chi connectivity index (χ2v) is 13.5. The minimum absolute atomic E-state index is 0.00423. The number of phenolic OH excluding ortho intramolecular Hbond substituents is 1. The number of benzene rings is 1. The van der Waals surface area contributed by atoms with E-state index in [1.54, 1.807) is 14.1 Å². The molecule has 4 N–H and O–H groups in total. The van der Waals surface area contributed by atoms with Crippen LogP contribution in [0.25, 0.3) is 0 Å². The van der Waals surface area contributed by atoms with Crippen LogP contribution in [-0.2, 0) is 32.1 Å². The first-order chi connectivity index (χ1) is 20.3. The van der Waals surface area contributed by atoms with Gasteiger partial charge in [-0.3, -0.25) is 33.8 Å². The van der Waals surface area contributed by atoms with E-state index in [4.69, 9.17) is 10.5 Å². The van der Waals surface area contributed by atoms with Gasteiger partial charge in [0.2, 0.25) is 5.91 Å². The van der Waals surface area contributed by atoms with Crippen LogP contribution in [0.5, 0.6) is 11.5 Å². The Labute approximate surface area is 250 Å². The van der Waals surface area contributed by atoms with Crippen LogP contribution >= 0.6 is 0 Å². The van der Waals surface area contributed by atoms with E-state index in [0.717, 1.165) is 24.4 Å². The number of carbonyl (C=O) groups is 5. The van der Waals surface area contributed by atoms with Crippen molar-refractivity contribution >= 4 is 29.0 Å². The fourth-order valence-corrected chi connectivity index (χ4v) is 9.43. The summed E-state index contributed by atoms with van der Waals surface area (Å²) in [6.45, 7) is 3.49. The Morgan fingerprint density at radius 3 is 2.37 bits per heavy atom. The maximum atomic E-state index is 14.0. The number of amides is 1. The zero-order valence-corrected chi connectivity index (χ0v) is 25.2. The fraction of sp³-hybridized carbons (Fsp3) is 0.656. The zero-order valence-electron chi connectivity index (χ0n) is 25.2. The van der Waals surface area contributed by atoms with Crippen molar-refractivity contribution < 1.29 is 38.9 Å². The molecule has 4 fully saturated rings. The van der Waals surface area contributed by atoms with Crippen molar-refractivity contribution in [3.8, 4) is 11.5 Å². The summed E-state index contributed by atoms with van der Waals surface area (Å²) in [5.41, 5.74) is 3.86. The number of hydrogen-bond donors (Lipinski definition) is 3. The van der Waals surface area contributed by atoms with Crippen LogP contribution in [0.3, 0.4) is 0 Å². The molecule has 4 saturated carbocycles. The Morgan fingerprint density at radius 1 is 1.09 bits per heavy atom. The van der Waals surface area contributed by atoms with E-state index in [1.165, 1.54) is 37.3 Å². The van der Waals surface area contributed by atoms with E-state index >= 15 is 0 Å². The van der Waals surface area contributed by atoms with E-state index in [1.807, 2.05) is 0 Å². The molecule has 5 aliphatic rings. The van der Waals surface area contributed by atoms with Crippen molar-refractivity contribution in [2.75, 3.05) is 27.7 Å². The lowest BCUT2D eigenvalue weighted by Crippen LogP contribution is -2.74. The Hall–Kier alpha value is -3.15. The lowest BCUT2D eigenvalue weighted by atomic mass is 9.52. The summed E-state index contributed by atoms with van der Waals surface area (Å²) in [4.78, 5) is 70.9. The smallest absolute Gasteiger partial charge is 0.235 e. The monoisotopic (exact) mass is 595 g/mol. The average molecular weight is 596 g/mol. The summed E-state index contributed by atoms with van der Waals surface area (Å²) >= 11 is 0. The number of rotatable bonds is 7. The second kappa shape index (κ2) is 10.5. The number of methoxy groups -OCH3 is 1. The van der Waals surface area contributed by atoms with E-state index in [2.05, 4.69) is 11.8 Å². The van der Waals surface area contributed by atoms with Gasteiger partial charge in [-0.1, -0.05) is 13.3 Å². The predicted octanol–water partition coefficient (Wildman–Crippen LogP) is 0.886. The summed E-state index contributed by atoms with van der Waals surface area (Å²) in [5.74, 6) is -8.61. The van der Waals surface area contributed by atoms with Crippen molar-refractivity contribution in [3.05, 3.63) is 22.8 Å². The van der Waals surface area contributed by atoms with Gasteiger partial charge in [-0.05, 0) is 76.6 Å². The largest absolute Gasteiger partial charge is 0.507 e. The molecule has 1 aromatic carbocycles. The first-order valence-corrected chi connectivity index (χ1v) is 15.3. The van der Waals surface area contributed by atoms with Gasteiger partial charge in [-0.25, -0.2) is 0 Å². The molecule has 0 radical (unpaired) electrons. The minimum Gasteiger partial charge on any atom is -0.507 e. The van der Waals surface area contributed by atoms with Gasteiger partial charge in [0.15, 0.2) is 34.7 Å². The number of Topliss-reactive ketones (excluding diaryl/α,β-unsaturated/α-hetero) is 4. The molecule has 4 unspecified atom stereocenters. The molecule has 6 rings (SSSR count).